The maximum Gasteiger partial charge on any atom is 0.407 e. The number of aromatic nitrogens is 2. The Balaban J connectivity index is 1.45. The van der Waals surface area contributed by atoms with Gasteiger partial charge in [0.15, 0.2) is 0 Å². The van der Waals surface area contributed by atoms with Gasteiger partial charge in [0.1, 0.15) is 17.4 Å². The fourth-order valence-corrected chi connectivity index (χ4v) is 4.61. The number of carbonyl (C=O) groups is 2. The largest absolute Gasteiger partial charge is 0.490 e. The third-order valence-corrected chi connectivity index (χ3v) is 6.69. The van der Waals surface area contributed by atoms with Crippen LogP contribution in [0.3, 0.4) is 0 Å². The van der Waals surface area contributed by atoms with E-state index in [9.17, 15) is 14.9 Å². The van der Waals surface area contributed by atoms with Gasteiger partial charge < -0.3 is 24.2 Å². The van der Waals surface area contributed by atoms with Crippen LogP contribution in [0.2, 0.25) is 0 Å². The van der Waals surface area contributed by atoms with Crippen molar-refractivity contribution < 1.29 is 23.6 Å². The summed E-state index contributed by atoms with van der Waals surface area (Å²) in [6, 6.07) is 13.4. The van der Waals surface area contributed by atoms with E-state index >= 15 is 0 Å². The summed E-state index contributed by atoms with van der Waals surface area (Å²) in [6.07, 6.45) is 0.691. The summed E-state index contributed by atoms with van der Waals surface area (Å²) < 4.78 is 16.4. The molecule has 10 nitrogen and oxygen atoms in total. The van der Waals surface area contributed by atoms with Gasteiger partial charge in [-0.15, -0.1) is 0 Å². The lowest BCUT2D eigenvalue weighted by Crippen LogP contribution is -2.56. The monoisotopic (exact) mass is 559 g/mol. The van der Waals surface area contributed by atoms with Crippen LogP contribution in [0.25, 0.3) is 22.8 Å². The highest BCUT2D eigenvalue weighted by Crippen LogP contribution is 2.29. The number of ether oxygens (including phenoxy) is 2. The van der Waals surface area contributed by atoms with Crippen LogP contribution in [0.4, 0.5) is 4.79 Å². The van der Waals surface area contributed by atoms with Crippen molar-refractivity contribution in [2.75, 3.05) is 19.7 Å². The Morgan fingerprint density at radius 1 is 1.07 bits per heavy atom. The molecule has 41 heavy (non-hydrogen) atoms. The molecule has 216 valence electrons. The molecule has 0 unspecified atom stereocenters. The van der Waals surface area contributed by atoms with Gasteiger partial charge in [0, 0.05) is 24.2 Å². The molecule has 1 aromatic heterocycles. The van der Waals surface area contributed by atoms with Crippen molar-refractivity contribution in [2.24, 2.45) is 5.92 Å². The summed E-state index contributed by atoms with van der Waals surface area (Å²) in [6.45, 7) is 12.5. The molecule has 0 fully saturated rings. The standard InChI is InChI=1S/C31H37N5O5/c1-19(2)18-39-30(38)34-31(5,6)29(37)36-13-11-21-7-8-23(15-22(21)12-14-36)27-33-28(41-35-27)24-9-10-26(40-20(3)4)25(16-24)17-32/h7-10,15-16,19-20H,11-14,18H2,1-6H3,(H,34,38). The molecule has 3 aromatic rings. The van der Waals surface area contributed by atoms with Gasteiger partial charge in [-0.3, -0.25) is 4.79 Å². The van der Waals surface area contributed by atoms with Gasteiger partial charge in [0.05, 0.1) is 18.3 Å². The second-order valence-electron chi connectivity index (χ2n) is 11.4. The zero-order valence-electron chi connectivity index (χ0n) is 24.5. The SMILES string of the molecule is CC(C)COC(=O)NC(C)(C)C(=O)N1CCc2ccc(-c3noc(-c4ccc(OC(C)C)c(C#N)c4)n3)cc2CC1. The van der Waals surface area contributed by atoms with Gasteiger partial charge in [-0.25, -0.2) is 4.79 Å². The second-order valence-corrected chi connectivity index (χ2v) is 11.4. The molecule has 0 saturated carbocycles. The number of nitriles is 1. The van der Waals surface area contributed by atoms with Crippen LogP contribution in [-0.4, -0.2) is 58.4 Å². The Bertz CT molecular complexity index is 1450. The molecular formula is C31H37N5O5. The molecule has 1 N–H and O–H groups in total. The summed E-state index contributed by atoms with van der Waals surface area (Å²) in [5.41, 5.74) is 2.98. The lowest BCUT2D eigenvalue weighted by molar-refractivity contribution is -0.136. The van der Waals surface area contributed by atoms with Gasteiger partial charge in [-0.2, -0.15) is 10.2 Å². The molecule has 0 radical (unpaired) electrons. The molecule has 0 bridgehead atoms. The molecule has 2 amide bonds. The first-order chi connectivity index (χ1) is 19.5. The second kappa shape index (κ2) is 12.4. The first-order valence-corrected chi connectivity index (χ1v) is 13.9. The van der Waals surface area contributed by atoms with Crippen LogP contribution < -0.4 is 10.1 Å². The Hall–Kier alpha value is -4.39. The van der Waals surface area contributed by atoms with Gasteiger partial charge >= 0.3 is 6.09 Å². The van der Waals surface area contributed by atoms with E-state index in [2.05, 4.69) is 21.5 Å². The molecule has 1 aliphatic heterocycles. The smallest absolute Gasteiger partial charge is 0.407 e. The maximum atomic E-state index is 13.3. The highest BCUT2D eigenvalue weighted by molar-refractivity contribution is 5.89. The minimum atomic E-state index is -1.10. The summed E-state index contributed by atoms with van der Waals surface area (Å²) in [5.74, 6) is 1.30. The van der Waals surface area contributed by atoms with Gasteiger partial charge in [0.2, 0.25) is 11.7 Å². The fraction of sp³-hybridized carbons (Fsp3) is 0.452. The number of alkyl carbamates (subject to hydrolysis) is 1. The van der Waals surface area contributed by atoms with E-state index in [0.717, 1.165) is 16.7 Å². The number of benzene rings is 2. The average Bonchev–Trinajstić information content (AvgIpc) is 3.32. The Morgan fingerprint density at radius 2 is 1.78 bits per heavy atom. The predicted molar refractivity (Wildman–Crippen MR) is 153 cm³/mol. The van der Waals surface area contributed by atoms with Crippen molar-refractivity contribution in [2.45, 2.75) is 66.0 Å². The molecule has 0 saturated heterocycles. The minimum absolute atomic E-state index is 0.0529. The minimum Gasteiger partial charge on any atom is -0.490 e. The van der Waals surface area contributed by atoms with Crippen molar-refractivity contribution in [1.29, 1.82) is 5.26 Å². The van der Waals surface area contributed by atoms with E-state index in [-0.39, 0.29) is 17.9 Å². The van der Waals surface area contributed by atoms with E-state index in [0.29, 0.717) is 61.1 Å². The number of fused-ring (bicyclic) bond motifs is 1. The van der Waals surface area contributed by atoms with Crippen LogP contribution in [-0.2, 0) is 22.4 Å². The molecule has 0 atom stereocenters. The third-order valence-electron chi connectivity index (χ3n) is 6.69. The first-order valence-electron chi connectivity index (χ1n) is 13.9. The number of amides is 2. The van der Waals surface area contributed by atoms with Crippen molar-refractivity contribution >= 4 is 12.0 Å². The lowest BCUT2D eigenvalue weighted by atomic mass is 10.00. The van der Waals surface area contributed by atoms with Crippen LogP contribution in [0.1, 0.15) is 58.2 Å². The van der Waals surface area contributed by atoms with Crippen LogP contribution >= 0.6 is 0 Å². The molecule has 4 rings (SSSR count). The number of carbonyl (C=O) groups excluding carboxylic acids is 2. The van der Waals surface area contributed by atoms with E-state index in [1.54, 1.807) is 36.9 Å². The summed E-state index contributed by atoms with van der Waals surface area (Å²) >= 11 is 0. The maximum absolute atomic E-state index is 13.3. The zero-order valence-corrected chi connectivity index (χ0v) is 24.5. The van der Waals surface area contributed by atoms with Crippen LogP contribution in [0.15, 0.2) is 40.9 Å². The number of nitrogens with one attached hydrogen (secondary N) is 1. The highest BCUT2D eigenvalue weighted by atomic mass is 16.5. The molecule has 0 aliphatic carbocycles. The molecular weight excluding hydrogens is 522 g/mol. The molecule has 1 aliphatic rings. The van der Waals surface area contributed by atoms with Crippen LogP contribution in [0.5, 0.6) is 5.75 Å². The number of nitrogens with zero attached hydrogens (tertiary/aromatic N) is 4. The average molecular weight is 560 g/mol. The third kappa shape index (κ3) is 7.23. The Morgan fingerprint density at radius 3 is 2.46 bits per heavy atom. The topological polar surface area (TPSA) is 131 Å². The van der Waals surface area contributed by atoms with E-state index in [1.807, 2.05) is 45.9 Å². The Kier molecular flexibility index (Phi) is 8.96. The molecule has 10 heteroatoms. The first kappa shape index (κ1) is 29.6. The molecule has 0 spiro atoms. The lowest BCUT2D eigenvalue weighted by Gasteiger charge is -2.31. The number of hydrogen-bond donors (Lipinski definition) is 1. The van der Waals surface area contributed by atoms with Gasteiger partial charge in [0.25, 0.3) is 5.89 Å². The predicted octanol–water partition coefficient (Wildman–Crippen LogP) is 5.15. The van der Waals surface area contributed by atoms with Crippen LogP contribution in [0, 0.1) is 17.2 Å². The summed E-state index contributed by atoms with van der Waals surface area (Å²) in [7, 11) is 0. The summed E-state index contributed by atoms with van der Waals surface area (Å²) in [5, 5.41) is 16.4. The molecule has 2 heterocycles. The van der Waals surface area contributed by atoms with Crippen molar-refractivity contribution in [3.05, 3.63) is 53.1 Å². The quantitative estimate of drug-likeness (QED) is 0.401. The van der Waals surface area contributed by atoms with Crippen molar-refractivity contribution in [1.82, 2.24) is 20.4 Å². The number of hydrogen-bond acceptors (Lipinski definition) is 8. The summed E-state index contributed by atoms with van der Waals surface area (Å²) in [4.78, 5) is 31.9. The van der Waals surface area contributed by atoms with E-state index < -0.39 is 11.6 Å². The zero-order chi connectivity index (χ0) is 29.7. The Labute approximate surface area is 240 Å². The molecule has 2 aromatic carbocycles. The van der Waals surface area contributed by atoms with Crippen molar-refractivity contribution in [3.8, 4) is 34.7 Å². The fourth-order valence-electron chi connectivity index (χ4n) is 4.61. The van der Waals surface area contributed by atoms with Gasteiger partial charge in [-0.05, 0) is 81.8 Å². The normalized spacial score (nSPS) is 13.4. The van der Waals surface area contributed by atoms with E-state index in [1.165, 1.54) is 0 Å². The number of rotatable bonds is 8. The highest BCUT2D eigenvalue weighted by Gasteiger charge is 2.35. The van der Waals surface area contributed by atoms with Gasteiger partial charge in [-0.1, -0.05) is 31.1 Å². The van der Waals surface area contributed by atoms with E-state index in [4.69, 9.17) is 14.0 Å². The van der Waals surface area contributed by atoms with Crippen molar-refractivity contribution in [3.63, 3.8) is 0 Å².